The second-order valence-corrected chi connectivity index (χ2v) is 7.34. The van der Waals surface area contributed by atoms with Crippen molar-refractivity contribution in [2.45, 2.75) is 71.1 Å². The first-order valence-electron chi connectivity index (χ1n) is 8.30. The Hall–Kier alpha value is -0.290. The van der Waals surface area contributed by atoms with Crippen LogP contribution in [0.2, 0.25) is 0 Å². The van der Waals surface area contributed by atoms with Gasteiger partial charge < -0.3 is 5.32 Å². The van der Waals surface area contributed by atoms with Gasteiger partial charge in [0.15, 0.2) is 0 Å². The van der Waals surface area contributed by atoms with Crippen LogP contribution in [-0.2, 0) is 0 Å². The second kappa shape index (κ2) is 6.45. The van der Waals surface area contributed by atoms with Crippen molar-refractivity contribution in [3.63, 3.8) is 0 Å². The van der Waals surface area contributed by atoms with Crippen LogP contribution in [0.1, 0.15) is 52.9 Å². The largest absolute Gasteiger partial charge is 0.391 e. The van der Waals surface area contributed by atoms with Gasteiger partial charge in [0.2, 0.25) is 0 Å². The molecule has 2 nitrogen and oxygen atoms in total. The molecule has 1 aliphatic carbocycles. The number of piperidine rings is 1. The van der Waals surface area contributed by atoms with Gasteiger partial charge in [-0.3, -0.25) is 4.90 Å². The molecule has 2 aliphatic rings. The Labute approximate surface area is 126 Å². The van der Waals surface area contributed by atoms with Crippen LogP contribution < -0.4 is 5.32 Å². The summed E-state index contributed by atoms with van der Waals surface area (Å²) >= 11 is 0. The summed E-state index contributed by atoms with van der Waals surface area (Å²) in [5, 5.41) is 3.60. The van der Waals surface area contributed by atoms with Crippen molar-refractivity contribution in [3.8, 4) is 0 Å². The third-order valence-electron chi connectivity index (χ3n) is 5.43. The average Bonchev–Trinajstić information content (AvgIpc) is 2.40. The molecule has 0 aromatic carbocycles. The number of nitrogens with zero attached hydrogens (tertiary/aromatic N) is 1. The number of likely N-dealkylation sites (N-methyl/N-ethyl adjacent to an activating group) is 1. The molecule has 1 heterocycles. The Bertz CT molecular complexity index is 333. The molecule has 1 saturated heterocycles. The molecule has 2 atom stereocenters. The molecule has 2 fully saturated rings. The van der Waals surface area contributed by atoms with Crippen LogP contribution in [0.4, 0.5) is 13.2 Å². The number of likely N-dealkylation sites (tertiary alicyclic amines) is 1. The summed E-state index contributed by atoms with van der Waals surface area (Å²) in [7, 11) is 0. The zero-order chi connectivity index (χ0) is 15.7. The lowest BCUT2D eigenvalue weighted by atomic mass is 9.70. The van der Waals surface area contributed by atoms with Gasteiger partial charge in [-0.25, -0.2) is 0 Å². The molecular weight excluding hydrogens is 277 g/mol. The molecule has 0 aromatic heterocycles. The first kappa shape index (κ1) is 17.1. The van der Waals surface area contributed by atoms with Gasteiger partial charge in [0, 0.05) is 12.1 Å². The van der Waals surface area contributed by atoms with Crippen LogP contribution in [0, 0.1) is 11.3 Å². The van der Waals surface area contributed by atoms with Gasteiger partial charge in [0.1, 0.15) is 0 Å². The van der Waals surface area contributed by atoms with E-state index in [-0.39, 0.29) is 18.3 Å². The second-order valence-electron chi connectivity index (χ2n) is 7.34. The standard InChI is InChI=1S/C16H29F3N2/c1-4-20-14-13(6-5-9-15(14,2)3)21-10-7-12(8-11-21)16(17,18)19/h12-14,20H,4-11H2,1-3H3. The van der Waals surface area contributed by atoms with E-state index in [9.17, 15) is 13.2 Å². The van der Waals surface area contributed by atoms with E-state index in [0.717, 1.165) is 13.0 Å². The van der Waals surface area contributed by atoms with Crippen LogP contribution in [0.3, 0.4) is 0 Å². The van der Waals surface area contributed by atoms with Crippen molar-refractivity contribution >= 4 is 0 Å². The van der Waals surface area contributed by atoms with Crippen molar-refractivity contribution in [2.24, 2.45) is 11.3 Å². The van der Waals surface area contributed by atoms with Gasteiger partial charge in [0.05, 0.1) is 5.92 Å². The van der Waals surface area contributed by atoms with Crippen molar-refractivity contribution in [1.82, 2.24) is 10.2 Å². The van der Waals surface area contributed by atoms with Crippen LogP contribution in [0.15, 0.2) is 0 Å². The van der Waals surface area contributed by atoms with Crippen molar-refractivity contribution in [1.29, 1.82) is 0 Å². The Balaban J connectivity index is 2.00. The number of hydrogen-bond donors (Lipinski definition) is 1. The summed E-state index contributed by atoms with van der Waals surface area (Å²) in [6.07, 6.45) is -0.00569. The minimum Gasteiger partial charge on any atom is -0.312 e. The molecule has 1 N–H and O–H groups in total. The molecular formula is C16H29F3N2. The lowest BCUT2D eigenvalue weighted by molar-refractivity contribution is -0.187. The fourth-order valence-corrected chi connectivity index (χ4v) is 4.19. The van der Waals surface area contributed by atoms with Crippen LogP contribution >= 0.6 is 0 Å². The number of alkyl halides is 3. The van der Waals surface area contributed by atoms with E-state index < -0.39 is 12.1 Å². The molecule has 1 saturated carbocycles. The monoisotopic (exact) mass is 306 g/mol. The molecule has 1 aliphatic heterocycles. The SMILES string of the molecule is CCNC1C(N2CCC(C(F)(F)F)CC2)CCCC1(C)C. The predicted octanol–water partition coefficient (Wildman–Crippen LogP) is 3.82. The summed E-state index contributed by atoms with van der Waals surface area (Å²) in [6.45, 7) is 8.78. The molecule has 0 bridgehead atoms. The van der Waals surface area contributed by atoms with Gasteiger partial charge in [0.25, 0.3) is 0 Å². The predicted molar refractivity (Wildman–Crippen MR) is 79.2 cm³/mol. The molecule has 2 rings (SSSR count). The fourth-order valence-electron chi connectivity index (χ4n) is 4.19. The van der Waals surface area contributed by atoms with Crippen molar-refractivity contribution in [2.75, 3.05) is 19.6 Å². The van der Waals surface area contributed by atoms with Crippen molar-refractivity contribution in [3.05, 3.63) is 0 Å². The third kappa shape index (κ3) is 3.92. The van der Waals surface area contributed by atoms with E-state index in [0.29, 0.717) is 25.2 Å². The highest BCUT2D eigenvalue weighted by atomic mass is 19.4. The smallest absolute Gasteiger partial charge is 0.312 e. The normalized spacial score (nSPS) is 32.3. The van der Waals surface area contributed by atoms with E-state index >= 15 is 0 Å². The lowest BCUT2D eigenvalue weighted by Crippen LogP contribution is -2.60. The maximum absolute atomic E-state index is 12.8. The number of nitrogens with one attached hydrogen (secondary N) is 1. The first-order chi connectivity index (χ1) is 9.75. The summed E-state index contributed by atoms with van der Waals surface area (Å²) in [5.41, 5.74) is 0.222. The van der Waals surface area contributed by atoms with E-state index in [1.165, 1.54) is 12.8 Å². The summed E-state index contributed by atoms with van der Waals surface area (Å²) < 4.78 is 38.4. The summed E-state index contributed by atoms with van der Waals surface area (Å²) in [5.74, 6) is -1.09. The molecule has 0 spiro atoms. The van der Waals surface area contributed by atoms with E-state index in [2.05, 4.69) is 31.0 Å². The average molecular weight is 306 g/mol. The molecule has 124 valence electrons. The van der Waals surface area contributed by atoms with E-state index in [4.69, 9.17) is 0 Å². The molecule has 21 heavy (non-hydrogen) atoms. The molecule has 2 unspecified atom stereocenters. The fraction of sp³-hybridized carbons (Fsp3) is 1.00. The van der Waals surface area contributed by atoms with Gasteiger partial charge in [-0.2, -0.15) is 13.2 Å². The van der Waals surface area contributed by atoms with Gasteiger partial charge >= 0.3 is 6.18 Å². The van der Waals surface area contributed by atoms with Crippen LogP contribution in [0.5, 0.6) is 0 Å². The minimum absolute atomic E-state index is 0.222. The Morgan fingerprint density at radius 2 is 1.76 bits per heavy atom. The molecule has 0 radical (unpaired) electrons. The third-order valence-corrected chi connectivity index (χ3v) is 5.43. The maximum Gasteiger partial charge on any atom is 0.391 e. The van der Waals surface area contributed by atoms with Crippen LogP contribution in [-0.4, -0.2) is 42.8 Å². The highest BCUT2D eigenvalue weighted by Crippen LogP contribution is 2.40. The van der Waals surface area contributed by atoms with Crippen LogP contribution in [0.25, 0.3) is 0 Å². The number of halogens is 3. The Morgan fingerprint density at radius 3 is 2.29 bits per heavy atom. The minimum atomic E-state index is -4.01. The molecule has 0 amide bonds. The Kier molecular flexibility index (Phi) is 5.24. The molecule has 5 heteroatoms. The van der Waals surface area contributed by atoms with Gasteiger partial charge in [-0.15, -0.1) is 0 Å². The van der Waals surface area contributed by atoms with Gasteiger partial charge in [-0.05, 0) is 50.7 Å². The topological polar surface area (TPSA) is 15.3 Å². The van der Waals surface area contributed by atoms with E-state index in [1.807, 2.05) is 0 Å². The zero-order valence-electron chi connectivity index (χ0n) is 13.5. The maximum atomic E-state index is 12.8. The Morgan fingerprint density at radius 1 is 1.14 bits per heavy atom. The summed E-state index contributed by atoms with van der Waals surface area (Å²) in [4.78, 5) is 2.32. The highest BCUT2D eigenvalue weighted by molar-refractivity contribution is 4.99. The summed E-state index contributed by atoms with van der Waals surface area (Å²) in [6, 6.07) is 0.779. The van der Waals surface area contributed by atoms with Gasteiger partial charge in [-0.1, -0.05) is 27.2 Å². The van der Waals surface area contributed by atoms with E-state index in [1.54, 1.807) is 0 Å². The first-order valence-corrected chi connectivity index (χ1v) is 8.30. The highest BCUT2D eigenvalue weighted by Gasteiger charge is 2.45. The van der Waals surface area contributed by atoms with Crippen molar-refractivity contribution < 1.29 is 13.2 Å². The number of rotatable bonds is 3. The number of hydrogen-bond acceptors (Lipinski definition) is 2. The molecule has 0 aromatic rings. The zero-order valence-corrected chi connectivity index (χ0v) is 13.5. The quantitative estimate of drug-likeness (QED) is 0.853. The lowest BCUT2D eigenvalue weighted by Gasteiger charge is -2.50.